The topological polar surface area (TPSA) is 59.0 Å². The molecule has 2 aliphatic rings. The third-order valence-electron chi connectivity index (χ3n) is 7.45. The largest absolute Gasteiger partial charge is 0.415 e. The summed E-state index contributed by atoms with van der Waals surface area (Å²) in [6.45, 7) is 14.3. The monoisotopic (exact) mass is 447 g/mol. The van der Waals surface area contributed by atoms with E-state index in [0.29, 0.717) is 25.1 Å². The molecule has 0 bridgehead atoms. The zero-order chi connectivity index (χ0) is 22.9. The van der Waals surface area contributed by atoms with Gasteiger partial charge in [-0.25, -0.2) is 0 Å². The maximum Gasteiger partial charge on any atom is 0.256 e. The summed E-state index contributed by atoms with van der Waals surface area (Å²) in [6.07, 6.45) is 5.02. The van der Waals surface area contributed by atoms with Crippen LogP contribution in [0.4, 0.5) is 0 Å². The summed E-state index contributed by atoms with van der Waals surface area (Å²) >= 11 is 0. The maximum atomic E-state index is 13.3. The highest BCUT2D eigenvalue weighted by Gasteiger charge is 2.57. The Hall–Kier alpha value is -1.21. The van der Waals surface area contributed by atoms with Crippen molar-refractivity contribution < 1.29 is 19.1 Å². The van der Waals surface area contributed by atoms with E-state index in [1.165, 1.54) is 12.8 Å². The van der Waals surface area contributed by atoms with Crippen molar-refractivity contribution in [2.45, 2.75) is 102 Å². The molecule has 2 heterocycles. The average molecular weight is 448 g/mol. The quantitative estimate of drug-likeness (QED) is 0.405. The molecule has 0 aliphatic carbocycles. The van der Waals surface area contributed by atoms with E-state index in [1.54, 1.807) is 0 Å². The van der Waals surface area contributed by atoms with Crippen LogP contribution < -0.4 is 0 Å². The summed E-state index contributed by atoms with van der Waals surface area (Å²) < 4.78 is 13.0. The summed E-state index contributed by atoms with van der Waals surface area (Å²) in [7, 11) is -1.91. The summed E-state index contributed by atoms with van der Waals surface area (Å²) in [5.41, 5.74) is 0.704. The normalized spacial score (nSPS) is 26.2. The third kappa shape index (κ3) is 4.77. The minimum absolute atomic E-state index is 0.0201. The molecule has 174 valence electrons. The van der Waals surface area contributed by atoms with Gasteiger partial charge in [-0.3, -0.25) is 4.79 Å². The van der Waals surface area contributed by atoms with E-state index in [2.05, 4.69) is 40.8 Å². The Morgan fingerprint density at radius 2 is 1.94 bits per heavy atom. The van der Waals surface area contributed by atoms with Crippen LogP contribution in [0.5, 0.6) is 0 Å². The van der Waals surface area contributed by atoms with E-state index in [1.807, 2.05) is 29.2 Å². The van der Waals surface area contributed by atoms with Crippen molar-refractivity contribution >= 4 is 14.2 Å². The predicted octanol–water partition coefficient (Wildman–Crippen LogP) is 5.44. The molecule has 0 saturated carbocycles. The SMILES string of the molecule is CCCCCCC1OC2(CC1O)c1ccccc1C(=O)N2CCO[Si](C)(C)C(C)(C)C. The van der Waals surface area contributed by atoms with Crippen molar-refractivity contribution in [2.24, 2.45) is 0 Å². The summed E-state index contributed by atoms with van der Waals surface area (Å²) in [6, 6.07) is 7.70. The molecule has 3 rings (SSSR count). The van der Waals surface area contributed by atoms with Crippen LogP contribution >= 0.6 is 0 Å². The number of amides is 1. The second-order valence-corrected chi connectivity index (χ2v) is 15.5. The number of fused-ring (bicyclic) bond motifs is 2. The summed E-state index contributed by atoms with van der Waals surface area (Å²) in [5.74, 6) is -0.0201. The van der Waals surface area contributed by atoms with Crippen LogP contribution in [0.3, 0.4) is 0 Å². The molecular formula is C25H41NO4Si. The van der Waals surface area contributed by atoms with Gasteiger partial charge in [0.2, 0.25) is 0 Å². The van der Waals surface area contributed by atoms with Crippen LogP contribution in [0.1, 0.15) is 82.1 Å². The van der Waals surface area contributed by atoms with Gasteiger partial charge in [0.25, 0.3) is 5.91 Å². The van der Waals surface area contributed by atoms with Crippen LogP contribution in [0.15, 0.2) is 24.3 Å². The second-order valence-electron chi connectivity index (χ2n) is 10.7. The van der Waals surface area contributed by atoms with Gasteiger partial charge >= 0.3 is 0 Å². The molecule has 1 saturated heterocycles. The molecular weight excluding hydrogens is 406 g/mol. The molecule has 1 spiro atoms. The zero-order valence-corrected chi connectivity index (χ0v) is 21.2. The van der Waals surface area contributed by atoms with E-state index >= 15 is 0 Å². The molecule has 1 aromatic carbocycles. The van der Waals surface area contributed by atoms with Gasteiger partial charge in [0.15, 0.2) is 14.0 Å². The fourth-order valence-electron chi connectivity index (χ4n) is 4.52. The van der Waals surface area contributed by atoms with Gasteiger partial charge in [-0.2, -0.15) is 0 Å². The zero-order valence-electron chi connectivity index (χ0n) is 20.2. The van der Waals surface area contributed by atoms with Crippen molar-refractivity contribution in [3.05, 3.63) is 35.4 Å². The molecule has 6 heteroatoms. The standard InChI is InChI=1S/C25H41NO4Si/c1-7-8-9-10-15-22-21(27)18-25(30-22)20-14-12-11-13-19(20)23(28)26(25)16-17-29-31(5,6)24(2,3)4/h11-14,21-22,27H,7-10,15-18H2,1-6H3. The van der Waals surface area contributed by atoms with Gasteiger partial charge in [0.05, 0.1) is 18.8 Å². The first-order valence-electron chi connectivity index (χ1n) is 11.9. The number of benzene rings is 1. The average Bonchev–Trinajstić information content (AvgIpc) is 3.14. The molecule has 2 aliphatic heterocycles. The number of aliphatic hydroxyl groups is 1. The lowest BCUT2D eigenvalue weighted by molar-refractivity contribution is -0.135. The number of rotatable bonds is 9. The van der Waals surface area contributed by atoms with Gasteiger partial charge < -0.3 is 19.2 Å². The van der Waals surface area contributed by atoms with Crippen LogP contribution in [0.2, 0.25) is 18.1 Å². The van der Waals surface area contributed by atoms with E-state index in [4.69, 9.17) is 9.16 Å². The molecule has 31 heavy (non-hydrogen) atoms. The highest BCUT2D eigenvalue weighted by molar-refractivity contribution is 6.74. The minimum atomic E-state index is -1.91. The number of hydrogen-bond donors (Lipinski definition) is 1. The molecule has 3 atom stereocenters. The fourth-order valence-corrected chi connectivity index (χ4v) is 5.55. The second kappa shape index (κ2) is 9.34. The van der Waals surface area contributed by atoms with Gasteiger partial charge in [-0.05, 0) is 30.6 Å². The van der Waals surface area contributed by atoms with Crippen molar-refractivity contribution in [2.75, 3.05) is 13.2 Å². The lowest BCUT2D eigenvalue weighted by atomic mass is 9.96. The van der Waals surface area contributed by atoms with Gasteiger partial charge in [0, 0.05) is 24.1 Å². The van der Waals surface area contributed by atoms with Gasteiger partial charge in [0.1, 0.15) is 0 Å². The van der Waals surface area contributed by atoms with Gasteiger partial charge in [-0.1, -0.05) is 71.6 Å². The molecule has 0 radical (unpaired) electrons. The predicted molar refractivity (Wildman–Crippen MR) is 127 cm³/mol. The van der Waals surface area contributed by atoms with E-state index in [9.17, 15) is 9.90 Å². The number of ether oxygens (including phenoxy) is 1. The molecule has 0 aromatic heterocycles. The Balaban J connectivity index is 1.78. The van der Waals surface area contributed by atoms with Gasteiger partial charge in [-0.15, -0.1) is 0 Å². The number of nitrogens with zero attached hydrogens (tertiary/aromatic N) is 1. The van der Waals surface area contributed by atoms with Crippen molar-refractivity contribution in [3.8, 4) is 0 Å². The first-order valence-corrected chi connectivity index (χ1v) is 14.9. The van der Waals surface area contributed by atoms with Crippen molar-refractivity contribution in [3.63, 3.8) is 0 Å². The molecule has 3 unspecified atom stereocenters. The molecule has 1 amide bonds. The van der Waals surface area contributed by atoms with Crippen LogP contribution in [-0.2, 0) is 14.9 Å². The first-order chi connectivity index (χ1) is 14.5. The van der Waals surface area contributed by atoms with Crippen LogP contribution in [-0.4, -0.2) is 49.6 Å². The molecule has 1 aromatic rings. The third-order valence-corrected chi connectivity index (χ3v) is 12.0. The Labute approximate surface area is 189 Å². The molecule has 1 fully saturated rings. The summed E-state index contributed by atoms with van der Waals surface area (Å²) in [4.78, 5) is 15.2. The Bertz CT molecular complexity index is 775. The fraction of sp³-hybridized carbons (Fsp3) is 0.720. The number of aliphatic hydroxyl groups excluding tert-OH is 1. The Morgan fingerprint density at radius 3 is 2.61 bits per heavy atom. The number of carbonyl (C=O) groups excluding carboxylic acids is 1. The van der Waals surface area contributed by atoms with E-state index in [-0.39, 0.29) is 17.0 Å². The number of carbonyl (C=O) groups is 1. The Kier molecular flexibility index (Phi) is 7.36. The minimum Gasteiger partial charge on any atom is -0.415 e. The van der Waals surface area contributed by atoms with E-state index < -0.39 is 20.1 Å². The smallest absolute Gasteiger partial charge is 0.256 e. The lowest BCUT2D eigenvalue weighted by Crippen LogP contribution is -2.48. The highest BCUT2D eigenvalue weighted by atomic mass is 28.4. The maximum absolute atomic E-state index is 13.3. The first kappa shape index (κ1) is 24.4. The van der Waals surface area contributed by atoms with Crippen molar-refractivity contribution in [1.82, 2.24) is 4.90 Å². The molecule has 5 nitrogen and oxygen atoms in total. The highest BCUT2D eigenvalue weighted by Crippen LogP contribution is 2.49. The summed E-state index contributed by atoms with van der Waals surface area (Å²) in [5, 5.41) is 11.0. The van der Waals surface area contributed by atoms with E-state index in [0.717, 1.165) is 24.8 Å². The Morgan fingerprint density at radius 1 is 1.23 bits per heavy atom. The lowest BCUT2D eigenvalue weighted by Gasteiger charge is -2.39. The number of hydrogen-bond acceptors (Lipinski definition) is 4. The van der Waals surface area contributed by atoms with Crippen molar-refractivity contribution in [1.29, 1.82) is 0 Å². The van der Waals surface area contributed by atoms with Crippen LogP contribution in [0, 0.1) is 0 Å². The molecule has 1 N–H and O–H groups in total. The number of unbranched alkanes of at least 4 members (excludes halogenated alkanes) is 3. The van der Waals surface area contributed by atoms with Crippen LogP contribution in [0.25, 0.3) is 0 Å².